The Morgan fingerprint density at radius 1 is 1.56 bits per heavy atom. The molecule has 98 valence electrons. The van der Waals surface area contributed by atoms with E-state index in [4.69, 9.17) is 0 Å². The van der Waals surface area contributed by atoms with Crippen LogP contribution in [0, 0.1) is 24.7 Å². The van der Waals surface area contributed by atoms with E-state index >= 15 is 0 Å². The van der Waals surface area contributed by atoms with Crippen molar-refractivity contribution in [3.05, 3.63) is 16.1 Å². The summed E-state index contributed by atoms with van der Waals surface area (Å²) in [6.45, 7) is 2.74. The Balaban J connectivity index is 1.66. The second kappa shape index (κ2) is 4.63. The molecule has 0 aliphatic heterocycles. The van der Waals surface area contributed by atoms with E-state index < -0.39 is 5.97 Å². The van der Waals surface area contributed by atoms with Crippen molar-refractivity contribution in [1.29, 1.82) is 0 Å². The number of aromatic nitrogens is 1. The van der Waals surface area contributed by atoms with Crippen molar-refractivity contribution in [3.8, 4) is 0 Å². The maximum absolute atomic E-state index is 11.4. The monoisotopic (exact) mass is 266 g/mol. The van der Waals surface area contributed by atoms with Crippen LogP contribution in [-0.2, 0) is 11.3 Å². The number of fused-ring (bicyclic) bond motifs is 2. The van der Waals surface area contributed by atoms with Crippen LogP contribution in [0.2, 0.25) is 0 Å². The van der Waals surface area contributed by atoms with Gasteiger partial charge in [0.15, 0.2) is 0 Å². The van der Waals surface area contributed by atoms with Crippen LogP contribution in [-0.4, -0.2) is 22.1 Å². The average Bonchev–Trinajstić information content (AvgIpc) is 3.00. The van der Waals surface area contributed by atoms with Gasteiger partial charge >= 0.3 is 5.97 Å². The summed E-state index contributed by atoms with van der Waals surface area (Å²) in [6.07, 6.45) is 5.26. The number of hydrogen-bond donors (Lipinski definition) is 2. The molecular weight excluding hydrogens is 248 g/mol. The summed E-state index contributed by atoms with van der Waals surface area (Å²) in [4.78, 5) is 16.8. The number of aryl methyl sites for hydroxylation is 1. The molecule has 3 rings (SSSR count). The van der Waals surface area contributed by atoms with Crippen LogP contribution < -0.4 is 5.32 Å². The van der Waals surface area contributed by atoms with Crippen LogP contribution in [0.5, 0.6) is 0 Å². The van der Waals surface area contributed by atoms with Crippen molar-refractivity contribution in [2.24, 2.45) is 17.8 Å². The molecule has 4 unspecified atom stereocenters. The molecule has 2 bridgehead atoms. The molecule has 4 atom stereocenters. The van der Waals surface area contributed by atoms with E-state index in [0.717, 1.165) is 24.4 Å². The number of carboxylic acid groups (broad SMARTS) is 1. The number of rotatable bonds is 4. The predicted molar refractivity (Wildman–Crippen MR) is 69.4 cm³/mol. The number of carboxylic acids is 1. The van der Waals surface area contributed by atoms with Gasteiger partial charge in [-0.15, -0.1) is 11.3 Å². The summed E-state index contributed by atoms with van der Waals surface area (Å²) >= 11 is 1.68. The van der Waals surface area contributed by atoms with Crippen LogP contribution in [0.15, 0.2) is 6.20 Å². The molecule has 18 heavy (non-hydrogen) atoms. The Kier molecular flexibility index (Phi) is 3.11. The lowest BCUT2D eigenvalue weighted by atomic mass is 9.84. The molecule has 1 aromatic rings. The third-order valence-electron chi connectivity index (χ3n) is 4.38. The summed E-state index contributed by atoms with van der Waals surface area (Å²) in [5.74, 6) is 0.149. The maximum Gasteiger partial charge on any atom is 0.308 e. The number of hydrogen-bond acceptors (Lipinski definition) is 4. The molecule has 0 saturated heterocycles. The molecule has 2 aliphatic rings. The molecule has 1 heterocycles. The fourth-order valence-corrected chi connectivity index (χ4v) is 4.39. The highest BCUT2D eigenvalue weighted by molar-refractivity contribution is 7.11. The number of carbonyl (C=O) groups is 1. The largest absolute Gasteiger partial charge is 0.481 e. The average molecular weight is 266 g/mol. The molecule has 0 radical (unpaired) electrons. The molecule has 0 aromatic carbocycles. The Bertz CT molecular complexity index is 460. The lowest BCUT2D eigenvalue weighted by Crippen LogP contribution is -2.43. The number of aliphatic carboxylic acids is 1. The molecule has 1 aromatic heterocycles. The van der Waals surface area contributed by atoms with E-state index in [1.54, 1.807) is 11.3 Å². The summed E-state index contributed by atoms with van der Waals surface area (Å²) in [7, 11) is 0. The van der Waals surface area contributed by atoms with Gasteiger partial charge in [0.1, 0.15) is 0 Å². The zero-order valence-corrected chi connectivity index (χ0v) is 11.2. The van der Waals surface area contributed by atoms with Crippen molar-refractivity contribution in [2.75, 3.05) is 0 Å². The summed E-state index contributed by atoms with van der Waals surface area (Å²) in [5.41, 5.74) is 0. The highest BCUT2D eigenvalue weighted by Crippen LogP contribution is 2.48. The lowest BCUT2D eigenvalue weighted by Gasteiger charge is -2.28. The SMILES string of the molecule is Cc1ncc(CNC2C3CCC(C3)C2C(=O)O)s1. The minimum atomic E-state index is -0.625. The fourth-order valence-electron chi connectivity index (χ4n) is 3.65. The lowest BCUT2D eigenvalue weighted by molar-refractivity contribution is -0.144. The van der Waals surface area contributed by atoms with Gasteiger partial charge in [-0.2, -0.15) is 0 Å². The molecule has 0 amide bonds. The van der Waals surface area contributed by atoms with Crippen molar-refractivity contribution < 1.29 is 9.90 Å². The van der Waals surface area contributed by atoms with Gasteiger partial charge in [-0.05, 0) is 38.0 Å². The summed E-state index contributed by atoms with van der Waals surface area (Å²) in [6, 6.07) is 0.156. The van der Waals surface area contributed by atoms with Crippen LogP contribution >= 0.6 is 11.3 Å². The van der Waals surface area contributed by atoms with Crippen molar-refractivity contribution in [1.82, 2.24) is 10.3 Å². The van der Waals surface area contributed by atoms with Gasteiger partial charge in [-0.25, -0.2) is 4.98 Å². The van der Waals surface area contributed by atoms with Gasteiger partial charge in [-0.3, -0.25) is 4.79 Å². The van der Waals surface area contributed by atoms with Crippen molar-refractivity contribution >= 4 is 17.3 Å². The van der Waals surface area contributed by atoms with E-state index in [0.29, 0.717) is 11.8 Å². The van der Waals surface area contributed by atoms with Crippen LogP contribution in [0.3, 0.4) is 0 Å². The molecule has 2 N–H and O–H groups in total. The van der Waals surface area contributed by atoms with Crippen LogP contribution in [0.1, 0.15) is 29.1 Å². The topological polar surface area (TPSA) is 62.2 Å². The third-order valence-corrected chi connectivity index (χ3v) is 5.30. The first kappa shape index (κ1) is 12.1. The third kappa shape index (κ3) is 2.06. The standard InChI is InChI=1S/C13H18N2O2S/c1-7-14-5-10(18-7)6-15-12-9-3-2-8(4-9)11(12)13(16)17/h5,8-9,11-12,15H,2-4,6H2,1H3,(H,16,17). The van der Waals surface area contributed by atoms with Crippen molar-refractivity contribution in [3.63, 3.8) is 0 Å². The number of nitrogens with one attached hydrogen (secondary N) is 1. The molecule has 2 saturated carbocycles. The van der Waals surface area contributed by atoms with Crippen LogP contribution in [0.4, 0.5) is 0 Å². The van der Waals surface area contributed by atoms with E-state index in [-0.39, 0.29) is 12.0 Å². The predicted octanol–water partition coefficient (Wildman–Crippen LogP) is 2.04. The first-order chi connectivity index (χ1) is 8.65. The normalized spacial score (nSPS) is 34.1. The van der Waals surface area contributed by atoms with Gasteiger partial charge in [0.2, 0.25) is 0 Å². The van der Waals surface area contributed by atoms with E-state index in [2.05, 4.69) is 10.3 Å². The summed E-state index contributed by atoms with van der Waals surface area (Å²) < 4.78 is 0. The summed E-state index contributed by atoms with van der Waals surface area (Å²) in [5, 5.41) is 13.9. The Labute approximate surface area is 110 Å². The minimum absolute atomic E-state index is 0.156. The first-order valence-electron chi connectivity index (χ1n) is 6.52. The van der Waals surface area contributed by atoms with E-state index in [1.807, 2.05) is 13.1 Å². The van der Waals surface area contributed by atoms with E-state index in [9.17, 15) is 9.90 Å². The van der Waals surface area contributed by atoms with Gasteiger partial charge in [-0.1, -0.05) is 0 Å². The molecule has 5 heteroatoms. The van der Waals surface area contributed by atoms with Gasteiger partial charge in [0.25, 0.3) is 0 Å². The molecular formula is C13H18N2O2S. The fraction of sp³-hybridized carbons (Fsp3) is 0.692. The van der Waals surface area contributed by atoms with Gasteiger partial charge in [0.05, 0.1) is 10.9 Å². The van der Waals surface area contributed by atoms with Crippen LogP contribution in [0.25, 0.3) is 0 Å². The number of nitrogens with zero attached hydrogens (tertiary/aromatic N) is 1. The second-order valence-electron chi connectivity index (χ2n) is 5.45. The second-order valence-corrected chi connectivity index (χ2v) is 6.77. The Morgan fingerprint density at radius 2 is 2.33 bits per heavy atom. The van der Waals surface area contributed by atoms with Gasteiger partial charge in [0, 0.05) is 23.7 Å². The Morgan fingerprint density at radius 3 is 3.00 bits per heavy atom. The van der Waals surface area contributed by atoms with E-state index in [1.165, 1.54) is 11.3 Å². The molecule has 0 spiro atoms. The zero-order chi connectivity index (χ0) is 12.7. The Hall–Kier alpha value is -0.940. The quantitative estimate of drug-likeness (QED) is 0.875. The van der Waals surface area contributed by atoms with Gasteiger partial charge < -0.3 is 10.4 Å². The molecule has 2 aliphatic carbocycles. The molecule has 4 nitrogen and oxygen atoms in total. The highest BCUT2D eigenvalue weighted by Gasteiger charge is 2.50. The number of thiazole rings is 1. The zero-order valence-electron chi connectivity index (χ0n) is 10.4. The highest BCUT2D eigenvalue weighted by atomic mass is 32.1. The maximum atomic E-state index is 11.4. The smallest absolute Gasteiger partial charge is 0.308 e. The first-order valence-corrected chi connectivity index (χ1v) is 7.34. The minimum Gasteiger partial charge on any atom is -0.481 e. The molecule has 2 fully saturated rings. The van der Waals surface area contributed by atoms with Crippen molar-refractivity contribution in [2.45, 2.75) is 38.8 Å².